The molecule has 0 fully saturated rings. The highest BCUT2D eigenvalue weighted by Gasteiger charge is 2.01. The monoisotopic (exact) mass is 235 g/mol. The summed E-state index contributed by atoms with van der Waals surface area (Å²) in [6.45, 7) is 4.88. The molecule has 0 N–H and O–H groups in total. The van der Waals surface area contributed by atoms with Crippen molar-refractivity contribution >= 4 is 6.21 Å². The maximum absolute atomic E-state index is 5.05. The van der Waals surface area contributed by atoms with Gasteiger partial charge in [0.15, 0.2) is 6.29 Å². The van der Waals surface area contributed by atoms with Crippen molar-refractivity contribution in [3.63, 3.8) is 0 Å². The molecular weight excluding hydrogens is 214 g/mol. The number of benzene rings is 1. The number of hydrogen-bond acceptors (Lipinski definition) is 3. The van der Waals surface area contributed by atoms with Gasteiger partial charge in [-0.2, -0.15) is 0 Å². The molecular formula is C14H21NO2. The Balaban J connectivity index is 2.54. The van der Waals surface area contributed by atoms with Crippen molar-refractivity contribution < 1.29 is 9.47 Å². The number of ether oxygens (including phenoxy) is 2. The summed E-state index contributed by atoms with van der Waals surface area (Å²) in [5, 5.41) is 0. The molecule has 3 heteroatoms. The molecule has 0 atom stereocenters. The summed E-state index contributed by atoms with van der Waals surface area (Å²) >= 11 is 0. The molecule has 0 aromatic heterocycles. The van der Waals surface area contributed by atoms with Gasteiger partial charge in [-0.25, -0.2) is 0 Å². The number of hydrogen-bond donors (Lipinski definition) is 0. The zero-order valence-corrected chi connectivity index (χ0v) is 11.0. The lowest BCUT2D eigenvalue weighted by atomic mass is 10.0. The van der Waals surface area contributed by atoms with Crippen LogP contribution in [-0.2, 0) is 9.47 Å². The van der Waals surface area contributed by atoms with Crippen LogP contribution < -0.4 is 0 Å². The van der Waals surface area contributed by atoms with E-state index in [0.29, 0.717) is 12.5 Å². The van der Waals surface area contributed by atoms with Gasteiger partial charge in [-0.15, -0.1) is 0 Å². The Hall–Kier alpha value is -1.19. The molecule has 0 aliphatic heterocycles. The normalized spacial score (nSPS) is 11.9. The van der Waals surface area contributed by atoms with E-state index in [4.69, 9.17) is 9.47 Å². The first-order valence-electron chi connectivity index (χ1n) is 5.82. The molecule has 3 nitrogen and oxygen atoms in total. The van der Waals surface area contributed by atoms with Crippen molar-refractivity contribution in [3.05, 3.63) is 35.4 Å². The second kappa shape index (κ2) is 7.20. The fourth-order valence-corrected chi connectivity index (χ4v) is 1.46. The van der Waals surface area contributed by atoms with Crippen LogP contribution in [-0.4, -0.2) is 33.3 Å². The molecule has 94 valence electrons. The van der Waals surface area contributed by atoms with Crippen molar-refractivity contribution in [1.82, 2.24) is 0 Å². The average molecular weight is 235 g/mol. The van der Waals surface area contributed by atoms with Crippen LogP contribution >= 0.6 is 0 Å². The lowest BCUT2D eigenvalue weighted by Crippen LogP contribution is -2.16. The summed E-state index contributed by atoms with van der Waals surface area (Å²) in [7, 11) is 3.22. The molecule has 0 unspecified atom stereocenters. The first-order chi connectivity index (χ1) is 8.17. The van der Waals surface area contributed by atoms with Crippen LogP contribution in [0.25, 0.3) is 0 Å². The number of rotatable bonds is 6. The summed E-state index contributed by atoms with van der Waals surface area (Å²) in [4.78, 5) is 4.28. The number of methoxy groups -OCH3 is 2. The van der Waals surface area contributed by atoms with Gasteiger partial charge in [0.05, 0.1) is 6.54 Å². The summed E-state index contributed by atoms with van der Waals surface area (Å²) < 4.78 is 10.1. The topological polar surface area (TPSA) is 30.8 Å². The molecule has 0 aliphatic rings. The van der Waals surface area contributed by atoms with E-state index in [1.165, 1.54) is 5.56 Å². The van der Waals surface area contributed by atoms with Gasteiger partial charge in [0.2, 0.25) is 0 Å². The molecule has 0 radical (unpaired) electrons. The van der Waals surface area contributed by atoms with Gasteiger partial charge in [0.25, 0.3) is 0 Å². The third kappa shape index (κ3) is 4.67. The molecule has 1 rings (SSSR count). The second-order valence-electron chi connectivity index (χ2n) is 4.22. The fraction of sp³-hybridized carbons (Fsp3) is 0.500. The Morgan fingerprint density at radius 1 is 1.12 bits per heavy atom. The predicted octanol–water partition coefficient (Wildman–Crippen LogP) is 2.85. The first-order valence-corrected chi connectivity index (χ1v) is 5.82. The Bertz CT molecular complexity index is 340. The van der Waals surface area contributed by atoms with Gasteiger partial charge in [0, 0.05) is 20.4 Å². The first kappa shape index (κ1) is 13.9. The molecule has 0 heterocycles. The van der Waals surface area contributed by atoms with E-state index in [1.807, 2.05) is 6.21 Å². The quantitative estimate of drug-likeness (QED) is 0.560. The fourth-order valence-electron chi connectivity index (χ4n) is 1.46. The lowest BCUT2D eigenvalue weighted by Gasteiger charge is -2.09. The Morgan fingerprint density at radius 2 is 1.71 bits per heavy atom. The van der Waals surface area contributed by atoms with Crippen molar-refractivity contribution in [2.75, 3.05) is 20.8 Å². The SMILES string of the molecule is COC(C/N=C\c1ccc(C(C)C)cc1)OC. The molecule has 0 saturated carbocycles. The van der Waals surface area contributed by atoms with Gasteiger partial charge in [0.1, 0.15) is 0 Å². The van der Waals surface area contributed by atoms with Crippen LogP contribution in [0.15, 0.2) is 29.3 Å². The highest BCUT2D eigenvalue weighted by molar-refractivity contribution is 5.79. The number of nitrogens with zero attached hydrogens (tertiary/aromatic N) is 1. The minimum absolute atomic E-state index is 0.263. The summed E-state index contributed by atoms with van der Waals surface area (Å²) in [5.74, 6) is 0.562. The van der Waals surface area contributed by atoms with Crippen LogP contribution in [0.1, 0.15) is 30.9 Å². The summed E-state index contributed by atoms with van der Waals surface area (Å²) in [5.41, 5.74) is 2.44. The van der Waals surface area contributed by atoms with Crippen LogP contribution in [0.2, 0.25) is 0 Å². The standard InChI is InChI=1S/C14H21NO2/c1-11(2)13-7-5-12(6-8-13)9-15-10-14(16-3)17-4/h5-9,11,14H,10H2,1-4H3/b15-9-. The van der Waals surface area contributed by atoms with E-state index in [0.717, 1.165) is 5.56 Å². The molecule has 1 aromatic carbocycles. The molecule has 0 aliphatic carbocycles. The van der Waals surface area contributed by atoms with E-state index in [2.05, 4.69) is 43.1 Å². The van der Waals surface area contributed by atoms with Gasteiger partial charge >= 0.3 is 0 Å². The largest absolute Gasteiger partial charge is 0.354 e. The van der Waals surface area contributed by atoms with Crippen LogP contribution in [0.3, 0.4) is 0 Å². The Labute approximate surface area is 103 Å². The average Bonchev–Trinajstić information content (AvgIpc) is 2.35. The zero-order chi connectivity index (χ0) is 12.7. The minimum atomic E-state index is -0.263. The van der Waals surface area contributed by atoms with Crippen molar-refractivity contribution in [1.29, 1.82) is 0 Å². The van der Waals surface area contributed by atoms with Gasteiger partial charge in [-0.1, -0.05) is 38.1 Å². The second-order valence-corrected chi connectivity index (χ2v) is 4.22. The minimum Gasteiger partial charge on any atom is -0.354 e. The summed E-state index contributed by atoms with van der Waals surface area (Å²) in [6.07, 6.45) is 1.58. The van der Waals surface area contributed by atoms with E-state index in [9.17, 15) is 0 Å². The summed E-state index contributed by atoms with van der Waals surface area (Å²) in [6, 6.07) is 8.42. The van der Waals surface area contributed by atoms with Crippen LogP contribution in [0.4, 0.5) is 0 Å². The Kier molecular flexibility index (Phi) is 5.87. The molecule has 0 amide bonds. The Morgan fingerprint density at radius 3 is 2.18 bits per heavy atom. The van der Waals surface area contributed by atoms with Crippen molar-refractivity contribution in [2.45, 2.75) is 26.1 Å². The number of aliphatic imine (C=N–C) groups is 1. The predicted molar refractivity (Wildman–Crippen MR) is 70.8 cm³/mol. The highest BCUT2D eigenvalue weighted by atomic mass is 16.7. The maximum Gasteiger partial charge on any atom is 0.176 e. The van der Waals surface area contributed by atoms with Crippen molar-refractivity contribution in [3.8, 4) is 0 Å². The van der Waals surface area contributed by atoms with Crippen LogP contribution in [0.5, 0.6) is 0 Å². The lowest BCUT2D eigenvalue weighted by molar-refractivity contribution is -0.0936. The molecule has 17 heavy (non-hydrogen) atoms. The van der Waals surface area contributed by atoms with Crippen molar-refractivity contribution in [2.24, 2.45) is 4.99 Å². The van der Waals surface area contributed by atoms with E-state index in [-0.39, 0.29) is 6.29 Å². The van der Waals surface area contributed by atoms with Gasteiger partial charge < -0.3 is 9.47 Å². The molecule has 1 aromatic rings. The molecule has 0 spiro atoms. The van der Waals surface area contributed by atoms with Gasteiger partial charge in [-0.05, 0) is 17.0 Å². The van der Waals surface area contributed by atoms with Crippen LogP contribution in [0, 0.1) is 0 Å². The van der Waals surface area contributed by atoms with Gasteiger partial charge in [-0.3, -0.25) is 4.99 Å². The maximum atomic E-state index is 5.05. The van der Waals surface area contributed by atoms with E-state index in [1.54, 1.807) is 14.2 Å². The zero-order valence-electron chi connectivity index (χ0n) is 11.0. The molecule has 0 bridgehead atoms. The third-order valence-electron chi connectivity index (χ3n) is 2.62. The molecule has 0 saturated heterocycles. The van der Waals surface area contributed by atoms with E-state index < -0.39 is 0 Å². The smallest absolute Gasteiger partial charge is 0.176 e. The highest BCUT2D eigenvalue weighted by Crippen LogP contribution is 2.13. The van der Waals surface area contributed by atoms with E-state index >= 15 is 0 Å². The third-order valence-corrected chi connectivity index (χ3v) is 2.62.